The van der Waals surface area contributed by atoms with Crippen molar-refractivity contribution in [3.05, 3.63) is 12.2 Å². The molecule has 0 aliphatic rings. The van der Waals surface area contributed by atoms with Gasteiger partial charge < -0.3 is 9.30 Å². The maximum atomic E-state index is 11.2. The summed E-state index contributed by atoms with van der Waals surface area (Å²) in [7, 11) is 3.23. The Morgan fingerprint density at radius 2 is 2.27 bits per heavy atom. The third-order valence-electron chi connectivity index (χ3n) is 2.19. The number of nitrogens with one attached hydrogen (secondary N) is 1. The molecule has 1 aromatic heterocycles. The smallest absolute Gasteiger partial charge is 0.322 e. The van der Waals surface area contributed by atoms with Gasteiger partial charge in [-0.15, -0.1) is 10.2 Å². The molecule has 0 amide bonds. The van der Waals surface area contributed by atoms with Crippen LogP contribution in [0.25, 0.3) is 0 Å². The van der Waals surface area contributed by atoms with Crippen LogP contribution in [0.1, 0.15) is 25.7 Å². The highest BCUT2D eigenvalue weighted by Gasteiger charge is 2.18. The number of rotatable bonds is 4. The Labute approximate surface area is 88.6 Å². The van der Waals surface area contributed by atoms with E-state index in [0.29, 0.717) is 0 Å². The summed E-state index contributed by atoms with van der Waals surface area (Å²) in [6.07, 6.45) is 1.62. The van der Waals surface area contributed by atoms with E-state index in [0.717, 1.165) is 5.82 Å². The number of hydrogen-bond acceptors (Lipinski definition) is 5. The van der Waals surface area contributed by atoms with Gasteiger partial charge in [0, 0.05) is 7.05 Å². The molecule has 6 nitrogen and oxygen atoms in total. The molecule has 0 saturated heterocycles. The van der Waals surface area contributed by atoms with Gasteiger partial charge in [0.1, 0.15) is 18.2 Å². The van der Waals surface area contributed by atoms with Crippen LogP contribution in [-0.2, 0) is 16.6 Å². The summed E-state index contributed by atoms with van der Waals surface area (Å²) >= 11 is 0. The van der Waals surface area contributed by atoms with Crippen LogP contribution in [-0.4, -0.2) is 33.9 Å². The lowest BCUT2D eigenvalue weighted by Gasteiger charge is -2.17. The van der Waals surface area contributed by atoms with E-state index in [4.69, 9.17) is 0 Å². The van der Waals surface area contributed by atoms with E-state index in [-0.39, 0.29) is 18.1 Å². The van der Waals surface area contributed by atoms with Gasteiger partial charge in [-0.2, -0.15) is 0 Å². The minimum Gasteiger partial charge on any atom is -0.468 e. The number of carbonyl (C=O) groups excluding carboxylic acids is 1. The molecular weight excluding hydrogens is 196 g/mol. The molecule has 2 unspecified atom stereocenters. The Morgan fingerprint density at radius 1 is 1.60 bits per heavy atom. The molecule has 2 atom stereocenters. The fraction of sp³-hybridized carbons (Fsp3) is 0.667. The number of methoxy groups -OCH3 is 1. The number of nitrogens with zero attached hydrogens (tertiary/aromatic N) is 3. The number of hydrogen-bond donors (Lipinski definition) is 1. The van der Waals surface area contributed by atoms with Gasteiger partial charge in [0.05, 0.1) is 13.2 Å². The molecule has 1 heterocycles. The van der Waals surface area contributed by atoms with Crippen molar-refractivity contribution in [2.45, 2.75) is 25.9 Å². The molecule has 1 N–H and O–H groups in total. The second-order valence-corrected chi connectivity index (χ2v) is 3.43. The van der Waals surface area contributed by atoms with Gasteiger partial charge in [-0.1, -0.05) is 0 Å². The third kappa shape index (κ3) is 2.76. The largest absolute Gasteiger partial charge is 0.468 e. The van der Waals surface area contributed by atoms with Gasteiger partial charge in [-0.25, -0.2) is 0 Å². The molecule has 0 saturated carbocycles. The van der Waals surface area contributed by atoms with Crippen molar-refractivity contribution in [3.8, 4) is 0 Å². The zero-order chi connectivity index (χ0) is 11.4. The third-order valence-corrected chi connectivity index (χ3v) is 2.19. The first-order chi connectivity index (χ1) is 7.06. The lowest BCUT2D eigenvalue weighted by molar-refractivity contribution is -0.142. The van der Waals surface area contributed by atoms with Gasteiger partial charge in [0.15, 0.2) is 0 Å². The summed E-state index contributed by atoms with van der Waals surface area (Å²) in [6.45, 7) is 3.67. The molecule has 1 rings (SSSR count). The molecule has 1 aromatic rings. The number of carbonyl (C=O) groups is 1. The van der Waals surface area contributed by atoms with Crippen molar-refractivity contribution < 1.29 is 9.53 Å². The second kappa shape index (κ2) is 4.88. The van der Waals surface area contributed by atoms with Crippen molar-refractivity contribution in [2.24, 2.45) is 7.05 Å². The molecule has 0 aromatic carbocycles. The van der Waals surface area contributed by atoms with Crippen LogP contribution in [0.4, 0.5) is 0 Å². The number of esters is 1. The standard InChI is InChI=1S/C9H16N4O2/c1-6(8-12-10-5-13(8)3)11-7(2)9(14)15-4/h5-7,11H,1-4H3. The molecule has 6 heteroatoms. The van der Waals surface area contributed by atoms with E-state index in [9.17, 15) is 4.79 Å². The van der Waals surface area contributed by atoms with Crippen molar-refractivity contribution in [3.63, 3.8) is 0 Å². The van der Waals surface area contributed by atoms with Gasteiger partial charge in [-0.05, 0) is 13.8 Å². The zero-order valence-electron chi connectivity index (χ0n) is 9.39. The lowest BCUT2D eigenvalue weighted by Crippen LogP contribution is -2.37. The van der Waals surface area contributed by atoms with Gasteiger partial charge in [0.2, 0.25) is 0 Å². The van der Waals surface area contributed by atoms with Crippen LogP contribution in [0.5, 0.6) is 0 Å². The topological polar surface area (TPSA) is 69.0 Å². The Kier molecular flexibility index (Phi) is 3.79. The molecule has 0 fully saturated rings. The second-order valence-electron chi connectivity index (χ2n) is 3.43. The molecule has 0 spiro atoms. The number of aromatic nitrogens is 3. The molecule has 0 aliphatic heterocycles. The highest BCUT2D eigenvalue weighted by atomic mass is 16.5. The van der Waals surface area contributed by atoms with Crippen LogP contribution >= 0.6 is 0 Å². The van der Waals surface area contributed by atoms with Crippen molar-refractivity contribution in [2.75, 3.05) is 7.11 Å². The maximum Gasteiger partial charge on any atom is 0.322 e. The van der Waals surface area contributed by atoms with Crippen molar-refractivity contribution in [1.29, 1.82) is 0 Å². The monoisotopic (exact) mass is 212 g/mol. The fourth-order valence-electron chi connectivity index (χ4n) is 1.38. The Bertz CT molecular complexity index is 337. The molecule has 0 bridgehead atoms. The van der Waals surface area contributed by atoms with Crippen molar-refractivity contribution in [1.82, 2.24) is 20.1 Å². The molecule has 15 heavy (non-hydrogen) atoms. The lowest BCUT2D eigenvalue weighted by atomic mass is 10.2. The Hall–Kier alpha value is -1.43. The first kappa shape index (κ1) is 11.6. The quantitative estimate of drug-likeness (QED) is 0.713. The van der Waals surface area contributed by atoms with E-state index in [1.165, 1.54) is 7.11 Å². The van der Waals surface area contributed by atoms with Crippen LogP contribution < -0.4 is 5.32 Å². The van der Waals surface area contributed by atoms with Gasteiger partial charge in [0.25, 0.3) is 0 Å². The van der Waals surface area contributed by atoms with Crippen molar-refractivity contribution >= 4 is 5.97 Å². The highest BCUT2D eigenvalue weighted by molar-refractivity contribution is 5.75. The summed E-state index contributed by atoms with van der Waals surface area (Å²) in [5.74, 6) is 0.495. The molecular formula is C9H16N4O2. The van der Waals surface area contributed by atoms with Crippen LogP contribution in [0.2, 0.25) is 0 Å². The summed E-state index contributed by atoms with van der Waals surface area (Å²) in [6, 6.07) is -0.409. The molecule has 0 radical (unpaired) electrons. The number of ether oxygens (including phenoxy) is 1. The predicted octanol–water partition coefficient (Wildman–Crippen LogP) is 0.0272. The maximum absolute atomic E-state index is 11.2. The summed E-state index contributed by atoms with van der Waals surface area (Å²) in [4.78, 5) is 11.2. The fourth-order valence-corrected chi connectivity index (χ4v) is 1.38. The van der Waals surface area contributed by atoms with Crippen LogP contribution in [0, 0.1) is 0 Å². The average molecular weight is 212 g/mol. The van der Waals surface area contributed by atoms with E-state index >= 15 is 0 Å². The Morgan fingerprint density at radius 3 is 2.73 bits per heavy atom. The van der Waals surface area contributed by atoms with Crippen LogP contribution in [0.15, 0.2) is 6.33 Å². The van der Waals surface area contributed by atoms with Gasteiger partial charge >= 0.3 is 5.97 Å². The minimum absolute atomic E-state index is 0.0494. The summed E-state index contributed by atoms with van der Waals surface area (Å²) < 4.78 is 6.42. The first-order valence-corrected chi connectivity index (χ1v) is 4.74. The minimum atomic E-state index is -0.360. The normalized spacial score (nSPS) is 14.7. The zero-order valence-corrected chi connectivity index (χ0v) is 9.39. The summed E-state index contributed by atoms with van der Waals surface area (Å²) in [5, 5.41) is 10.8. The average Bonchev–Trinajstić information content (AvgIpc) is 2.63. The highest BCUT2D eigenvalue weighted by Crippen LogP contribution is 2.08. The van der Waals surface area contributed by atoms with E-state index < -0.39 is 0 Å². The van der Waals surface area contributed by atoms with Gasteiger partial charge in [-0.3, -0.25) is 10.1 Å². The van der Waals surface area contributed by atoms with E-state index in [1.807, 2.05) is 18.5 Å². The Balaban J connectivity index is 2.60. The van der Waals surface area contributed by atoms with E-state index in [2.05, 4.69) is 20.3 Å². The molecule has 84 valence electrons. The SMILES string of the molecule is COC(=O)C(C)NC(C)c1nncn1C. The van der Waals surface area contributed by atoms with E-state index in [1.54, 1.807) is 13.3 Å². The first-order valence-electron chi connectivity index (χ1n) is 4.74. The van der Waals surface area contributed by atoms with Crippen LogP contribution in [0.3, 0.4) is 0 Å². The molecule has 0 aliphatic carbocycles. The summed E-state index contributed by atoms with van der Waals surface area (Å²) in [5.41, 5.74) is 0. The predicted molar refractivity (Wildman–Crippen MR) is 54.0 cm³/mol. The number of aryl methyl sites for hydroxylation is 1.